The minimum atomic E-state index is -1.10. The number of pyridine rings is 1. The number of aliphatic hydroxyl groups excluding tert-OH is 1. The lowest BCUT2D eigenvalue weighted by Gasteiger charge is -2.41. The Hall–Kier alpha value is -2.07. The summed E-state index contributed by atoms with van der Waals surface area (Å²) < 4.78 is 14.7. The largest absolute Gasteiger partial charge is 0.611 e. The first-order chi connectivity index (χ1) is 15.0. The van der Waals surface area contributed by atoms with Crippen LogP contribution in [0.3, 0.4) is 0 Å². The molecule has 162 valence electrons. The van der Waals surface area contributed by atoms with Gasteiger partial charge < -0.3 is 24.3 Å². The first-order valence-corrected chi connectivity index (χ1v) is 12.3. The van der Waals surface area contributed by atoms with Gasteiger partial charge in [0.25, 0.3) is 0 Å². The Morgan fingerprint density at radius 2 is 2.10 bits per heavy atom. The van der Waals surface area contributed by atoms with E-state index in [1.165, 1.54) is 5.69 Å². The van der Waals surface area contributed by atoms with Gasteiger partial charge in [0.2, 0.25) is 10.8 Å². The molecule has 5 heterocycles. The lowest BCUT2D eigenvalue weighted by Crippen LogP contribution is -2.49. The standard InChI is InChI=1S/C21H23ClN6O2S/c22-13-2-8-28-16-3-7-27(11-15(16)23-17(28)10-13)20-24-14-4-9-31(30)18(14)19(25-20)26-21(12-29)5-1-6-21/h2,8,10,29H,1,3-7,9,11-12H2,(H,24,25,26)/t31-/m1/s1. The number of imidazole rings is 1. The van der Waals surface area contributed by atoms with E-state index in [9.17, 15) is 9.66 Å². The van der Waals surface area contributed by atoms with Crippen LogP contribution in [0.15, 0.2) is 23.2 Å². The van der Waals surface area contributed by atoms with Crippen molar-refractivity contribution in [3.63, 3.8) is 0 Å². The van der Waals surface area contributed by atoms with Gasteiger partial charge in [-0.1, -0.05) is 11.6 Å². The molecule has 1 saturated carbocycles. The molecule has 3 aromatic rings. The number of hydrogen-bond acceptors (Lipinski definition) is 7. The van der Waals surface area contributed by atoms with E-state index in [2.05, 4.69) is 14.6 Å². The number of rotatable bonds is 4. The number of halogens is 1. The molecule has 6 rings (SSSR count). The molecule has 0 bridgehead atoms. The van der Waals surface area contributed by atoms with E-state index in [1.807, 2.05) is 18.3 Å². The van der Waals surface area contributed by atoms with Crippen LogP contribution < -0.4 is 10.2 Å². The average molecular weight is 459 g/mol. The molecular weight excluding hydrogens is 436 g/mol. The molecule has 0 aromatic carbocycles. The van der Waals surface area contributed by atoms with E-state index >= 15 is 0 Å². The van der Waals surface area contributed by atoms with E-state index in [4.69, 9.17) is 26.6 Å². The van der Waals surface area contributed by atoms with Crippen molar-refractivity contribution in [2.45, 2.75) is 49.1 Å². The highest BCUT2D eigenvalue weighted by Crippen LogP contribution is 2.39. The van der Waals surface area contributed by atoms with E-state index in [-0.39, 0.29) is 12.1 Å². The highest BCUT2D eigenvalue weighted by atomic mass is 35.5. The Morgan fingerprint density at radius 3 is 2.87 bits per heavy atom. The average Bonchev–Trinajstić information content (AvgIpc) is 3.29. The third kappa shape index (κ3) is 3.17. The molecule has 31 heavy (non-hydrogen) atoms. The number of hydrogen-bond donors (Lipinski definition) is 2. The van der Waals surface area contributed by atoms with Crippen molar-refractivity contribution >= 4 is 40.2 Å². The Morgan fingerprint density at radius 1 is 1.23 bits per heavy atom. The van der Waals surface area contributed by atoms with E-state index in [0.29, 0.717) is 40.4 Å². The van der Waals surface area contributed by atoms with E-state index in [0.717, 1.165) is 49.3 Å². The maximum Gasteiger partial charge on any atom is 0.228 e. The zero-order valence-corrected chi connectivity index (χ0v) is 18.5. The maximum atomic E-state index is 12.6. The van der Waals surface area contributed by atoms with Crippen LogP contribution in [0.4, 0.5) is 11.8 Å². The van der Waals surface area contributed by atoms with Crippen LogP contribution in [-0.2, 0) is 30.6 Å². The van der Waals surface area contributed by atoms with Gasteiger partial charge in [0, 0.05) is 42.4 Å². The number of aromatic nitrogens is 4. The first kappa shape index (κ1) is 19.6. The van der Waals surface area contributed by atoms with Crippen LogP contribution in [0, 0.1) is 0 Å². The third-order valence-electron chi connectivity index (χ3n) is 6.68. The van der Waals surface area contributed by atoms with Crippen LogP contribution in [-0.4, -0.2) is 53.5 Å². The summed E-state index contributed by atoms with van der Waals surface area (Å²) in [6.45, 7) is 1.43. The van der Waals surface area contributed by atoms with Gasteiger partial charge >= 0.3 is 0 Å². The molecule has 2 N–H and O–H groups in total. The second-order valence-electron chi connectivity index (χ2n) is 8.61. The fraction of sp³-hybridized carbons (Fsp3) is 0.476. The van der Waals surface area contributed by atoms with Crippen molar-refractivity contribution in [1.29, 1.82) is 0 Å². The minimum absolute atomic E-state index is 0.0463. The summed E-state index contributed by atoms with van der Waals surface area (Å²) in [4.78, 5) is 17.2. The van der Waals surface area contributed by atoms with Gasteiger partial charge in [0.05, 0.1) is 24.4 Å². The molecule has 0 radical (unpaired) electrons. The monoisotopic (exact) mass is 458 g/mol. The summed E-state index contributed by atoms with van der Waals surface area (Å²) in [5.41, 5.74) is 3.54. The number of aryl methyl sites for hydroxylation is 1. The molecule has 10 heteroatoms. The quantitative estimate of drug-likeness (QED) is 0.578. The fourth-order valence-electron chi connectivity index (χ4n) is 4.77. The lowest BCUT2D eigenvalue weighted by atomic mass is 9.77. The normalized spacial score (nSPS) is 21.6. The molecule has 0 amide bonds. The molecule has 0 unspecified atom stereocenters. The Bertz CT molecular complexity index is 1170. The molecule has 1 aliphatic carbocycles. The van der Waals surface area contributed by atoms with Crippen molar-refractivity contribution in [3.8, 4) is 0 Å². The van der Waals surface area contributed by atoms with Gasteiger partial charge in [-0.2, -0.15) is 4.98 Å². The second-order valence-corrected chi connectivity index (χ2v) is 10.6. The molecule has 1 atom stereocenters. The molecule has 3 aromatic heterocycles. The molecule has 0 spiro atoms. The maximum absolute atomic E-state index is 12.6. The van der Waals surface area contributed by atoms with Gasteiger partial charge in [-0.3, -0.25) is 0 Å². The summed E-state index contributed by atoms with van der Waals surface area (Å²) in [6, 6.07) is 3.75. The summed E-state index contributed by atoms with van der Waals surface area (Å²) in [5, 5.41) is 14.0. The fourth-order valence-corrected chi connectivity index (χ4v) is 6.23. The van der Waals surface area contributed by atoms with Crippen LogP contribution in [0.25, 0.3) is 5.65 Å². The summed E-state index contributed by atoms with van der Waals surface area (Å²) in [5.74, 6) is 1.83. The van der Waals surface area contributed by atoms with E-state index in [1.54, 1.807) is 0 Å². The number of nitrogens with one attached hydrogen (secondary N) is 1. The predicted molar refractivity (Wildman–Crippen MR) is 119 cm³/mol. The highest BCUT2D eigenvalue weighted by Gasteiger charge is 2.41. The second kappa shape index (κ2) is 7.23. The zero-order chi connectivity index (χ0) is 21.2. The Labute approximate surface area is 187 Å². The van der Waals surface area contributed by atoms with Gasteiger partial charge in [0.15, 0.2) is 5.82 Å². The molecule has 3 aliphatic rings. The van der Waals surface area contributed by atoms with Gasteiger partial charge in [-0.05, 0) is 36.5 Å². The number of anilines is 2. The Balaban J connectivity index is 1.36. The van der Waals surface area contributed by atoms with Crippen molar-refractivity contribution in [3.05, 3.63) is 40.4 Å². The third-order valence-corrected chi connectivity index (χ3v) is 8.38. The van der Waals surface area contributed by atoms with Gasteiger partial charge in [0.1, 0.15) is 17.1 Å². The predicted octanol–water partition coefficient (Wildman–Crippen LogP) is 2.33. The molecule has 2 aliphatic heterocycles. The van der Waals surface area contributed by atoms with Crippen LogP contribution >= 0.6 is 11.6 Å². The molecule has 0 saturated heterocycles. The van der Waals surface area contributed by atoms with Gasteiger partial charge in [-0.15, -0.1) is 0 Å². The number of aliphatic hydroxyl groups is 1. The first-order valence-electron chi connectivity index (χ1n) is 10.6. The topological polar surface area (TPSA) is 102 Å². The number of fused-ring (bicyclic) bond motifs is 4. The van der Waals surface area contributed by atoms with Crippen LogP contribution in [0.2, 0.25) is 5.02 Å². The van der Waals surface area contributed by atoms with Gasteiger partial charge in [-0.25, -0.2) is 9.97 Å². The lowest BCUT2D eigenvalue weighted by molar-refractivity contribution is 0.143. The highest BCUT2D eigenvalue weighted by molar-refractivity contribution is 7.91. The minimum Gasteiger partial charge on any atom is -0.611 e. The van der Waals surface area contributed by atoms with Crippen molar-refractivity contribution in [1.82, 2.24) is 19.4 Å². The van der Waals surface area contributed by atoms with Crippen molar-refractivity contribution in [2.75, 3.05) is 29.1 Å². The molecule has 1 fully saturated rings. The zero-order valence-electron chi connectivity index (χ0n) is 17.0. The summed E-state index contributed by atoms with van der Waals surface area (Å²) >= 11 is 5.04. The molecular formula is C21H23ClN6O2S. The van der Waals surface area contributed by atoms with Crippen molar-refractivity contribution in [2.24, 2.45) is 0 Å². The van der Waals surface area contributed by atoms with Crippen LogP contribution in [0.5, 0.6) is 0 Å². The smallest absolute Gasteiger partial charge is 0.228 e. The summed E-state index contributed by atoms with van der Waals surface area (Å²) in [7, 11) is 0. The van der Waals surface area contributed by atoms with Crippen LogP contribution in [0.1, 0.15) is 36.3 Å². The number of nitrogens with zero attached hydrogens (tertiary/aromatic N) is 5. The Kier molecular flexibility index (Phi) is 4.57. The summed E-state index contributed by atoms with van der Waals surface area (Å²) in [6.07, 6.45) is 6.33. The SMILES string of the molecule is [O-][S@+]1CCc2nc(N3CCc4c(nc5cc(Cl)ccn45)C3)nc(NC3(CO)CCC3)c21. The molecule has 8 nitrogen and oxygen atoms in total. The van der Waals surface area contributed by atoms with Crippen molar-refractivity contribution < 1.29 is 9.66 Å². The van der Waals surface area contributed by atoms with E-state index < -0.39 is 11.2 Å².